The first-order valence-electron chi connectivity index (χ1n) is 7.61. The van der Waals surface area contributed by atoms with Gasteiger partial charge in [-0.1, -0.05) is 5.21 Å². The standard InChI is InChI=1S/C15H22BrN7O2/c1-17-15(22(3)9-13-5-11(16)7-21(13)2)18-6-12-8-23(20-19-12)10-14(24)25-4/h5,7-8H,6,9-10H2,1-4H3,(H,17,18). The number of ether oxygens (including phenoxy) is 1. The van der Waals surface area contributed by atoms with Crippen LogP contribution in [0.3, 0.4) is 0 Å². The summed E-state index contributed by atoms with van der Waals surface area (Å²) in [5.74, 6) is 0.369. The Morgan fingerprint density at radius 1 is 1.48 bits per heavy atom. The number of esters is 1. The van der Waals surface area contributed by atoms with E-state index in [4.69, 9.17) is 0 Å². The number of aromatic nitrogens is 4. The molecular formula is C15H22BrN7O2. The molecule has 2 rings (SSSR count). The number of methoxy groups -OCH3 is 1. The highest BCUT2D eigenvalue weighted by molar-refractivity contribution is 9.10. The number of hydrogen-bond acceptors (Lipinski definition) is 5. The van der Waals surface area contributed by atoms with E-state index >= 15 is 0 Å². The fraction of sp³-hybridized carbons (Fsp3) is 0.467. The molecule has 2 aromatic heterocycles. The molecule has 0 aromatic carbocycles. The molecule has 0 saturated heterocycles. The van der Waals surface area contributed by atoms with Gasteiger partial charge in [0.15, 0.2) is 5.96 Å². The molecule has 0 saturated carbocycles. The molecule has 9 nitrogen and oxygen atoms in total. The van der Waals surface area contributed by atoms with Crippen molar-refractivity contribution < 1.29 is 9.53 Å². The number of rotatable bonds is 6. The Balaban J connectivity index is 1.91. The molecule has 10 heteroatoms. The van der Waals surface area contributed by atoms with E-state index in [1.807, 2.05) is 25.2 Å². The first-order valence-corrected chi connectivity index (χ1v) is 8.40. The second-order valence-corrected chi connectivity index (χ2v) is 6.42. The van der Waals surface area contributed by atoms with Crippen molar-refractivity contribution in [3.8, 4) is 0 Å². The summed E-state index contributed by atoms with van der Waals surface area (Å²) in [5, 5.41) is 11.2. The van der Waals surface area contributed by atoms with Crippen LogP contribution in [0.15, 0.2) is 27.9 Å². The highest BCUT2D eigenvalue weighted by Gasteiger charge is 2.11. The van der Waals surface area contributed by atoms with Gasteiger partial charge in [0.2, 0.25) is 0 Å². The minimum Gasteiger partial charge on any atom is -0.468 e. The summed E-state index contributed by atoms with van der Waals surface area (Å²) < 4.78 is 9.15. The summed E-state index contributed by atoms with van der Waals surface area (Å²) in [6.07, 6.45) is 3.71. The molecule has 0 bridgehead atoms. The third-order valence-electron chi connectivity index (χ3n) is 3.58. The molecular weight excluding hydrogens is 390 g/mol. The zero-order valence-corrected chi connectivity index (χ0v) is 16.3. The Kier molecular flexibility index (Phi) is 6.57. The largest absolute Gasteiger partial charge is 0.468 e. The van der Waals surface area contributed by atoms with Crippen LogP contribution in [0.4, 0.5) is 0 Å². The van der Waals surface area contributed by atoms with E-state index in [9.17, 15) is 4.79 Å². The van der Waals surface area contributed by atoms with Crippen LogP contribution in [0.5, 0.6) is 0 Å². The van der Waals surface area contributed by atoms with Crippen LogP contribution in [0.25, 0.3) is 0 Å². The van der Waals surface area contributed by atoms with Crippen molar-refractivity contribution >= 4 is 27.9 Å². The summed E-state index contributed by atoms with van der Waals surface area (Å²) in [7, 11) is 7.04. The molecule has 0 radical (unpaired) electrons. The molecule has 25 heavy (non-hydrogen) atoms. The molecule has 0 spiro atoms. The van der Waals surface area contributed by atoms with Crippen molar-refractivity contribution in [2.24, 2.45) is 12.0 Å². The molecule has 0 atom stereocenters. The van der Waals surface area contributed by atoms with Crippen molar-refractivity contribution in [1.29, 1.82) is 0 Å². The molecule has 136 valence electrons. The zero-order chi connectivity index (χ0) is 18.4. The number of nitrogens with one attached hydrogen (secondary N) is 1. The lowest BCUT2D eigenvalue weighted by Crippen LogP contribution is -2.38. The Labute approximate surface area is 154 Å². The number of carbonyl (C=O) groups excluding carboxylic acids is 1. The van der Waals surface area contributed by atoms with E-state index in [1.54, 1.807) is 13.2 Å². The zero-order valence-electron chi connectivity index (χ0n) is 14.7. The van der Waals surface area contributed by atoms with Gasteiger partial charge < -0.3 is 19.5 Å². The van der Waals surface area contributed by atoms with Crippen LogP contribution < -0.4 is 5.32 Å². The maximum atomic E-state index is 11.2. The predicted octanol–water partition coefficient (Wildman–Crippen LogP) is 0.759. The molecule has 0 fully saturated rings. The number of halogens is 1. The van der Waals surface area contributed by atoms with E-state index < -0.39 is 0 Å². The van der Waals surface area contributed by atoms with Gasteiger partial charge in [0.1, 0.15) is 12.2 Å². The second-order valence-electron chi connectivity index (χ2n) is 5.50. The quantitative estimate of drug-likeness (QED) is 0.428. The van der Waals surface area contributed by atoms with Crippen LogP contribution >= 0.6 is 15.9 Å². The monoisotopic (exact) mass is 411 g/mol. The van der Waals surface area contributed by atoms with Gasteiger partial charge in [-0.15, -0.1) is 5.10 Å². The third-order valence-corrected chi connectivity index (χ3v) is 4.01. The fourth-order valence-electron chi connectivity index (χ4n) is 2.29. The highest BCUT2D eigenvalue weighted by atomic mass is 79.9. The van der Waals surface area contributed by atoms with Crippen LogP contribution in [-0.2, 0) is 36.2 Å². The molecule has 0 amide bonds. The van der Waals surface area contributed by atoms with E-state index in [1.165, 1.54) is 11.8 Å². The van der Waals surface area contributed by atoms with Crippen molar-refractivity contribution in [1.82, 2.24) is 29.8 Å². The number of aliphatic imine (C=N–C) groups is 1. The van der Waals surface area contributed by atoms with Gasteiger partial charge in [-0.3, -0.25) is 9.79 Å². The van der Waals surface area contributed by atoms with Crippen molar-refractivity contribution in [2.45, 2.75) is 19.6 Å². The Morgan fingerprint density at radius 3 is 2.84 bits per heavy atom. The highest BCUT2D eigenvalue weighted by Crippen LogP contribution is 2.14. The molecule has 1 N–H and O–H groups in total. The van der Waals surface area contributed by atoms with Crippen molar-refractivity contribution in [2.75, 3.05) is 21.2 Å². The van der Waals surface area contributed by atoms with Gasteiger partial charge in [0.25, 0.3) is 0 Å². The summed E-state index contributed by atoms with van der Waals surface area (Å²) in [6, 6.07) is 2.07. The Morgan fingerprint density at radius 2 is 2.24 bits per heavy atom. The molecule has 0 aliphatic heterocycles. The van der Waals surface area contributed by atoms with E-state index in [0.717, 1.165) is 16.1 Å². The lowest BCUT2D eigenvalue weighted by Gasteiger charge is -2.22. The Bertz CT molecular complexity index is 753. The maximum absolute atomic E-state index is 11.2. The SMILES string of the molecule is CN=C(NCc1cn(CC(=O)OC)nn1)N(C)Cc1cc(Br)cn1C. The molecule has 0 aliphatic rings. The van der Waals surface area contributed by atoms with Gasteiger partial charge >= 0.3 is 5.97 Å². The van der Waals surface area contributed by atoms with Gasteiger partial charge in [0.05, 0.1) is 26.4 Å². The summed E-state index contributed by atoms with van der Waals surface area (Å²) in [5.41, 5.74) is 1.86. The van der Waals surface area contributed by atoms with Crippen LogP contribution in [0.1, 0.15) is 11.4 Å². The van der Waals surface area contributed by atoms with E-state index in [2.05, 4.69) is 51.9 Å². The van der Waals surface area contributed by atoms with Crippen LogP contribution in [-0.4, -0.2) is 57.6 Å². The predicted molar refractivity (Wildman–Crippen MR) is 96.8 cm³/mol. The first-order chi connectivity index (χ1) is 11.9. The third kappa shape index (κ3) is 5.31. The minimum absolute atomic E-state index is 0.0422. The van der Waals surface area contributed by atoms with Gasteiger partial charge in [-0.05, 0) is 22.0 Å². The topological polar surface area (TPSA) is 89.6 Å². The lowest BCUT2D eigenvalue weighted by molar-refractivity contribution is -0.141. The minimum atomic E-state index is -0.367. The number of aryl methyl sites for hydroxylation is 1. The molecule has 0 aliphatic carbocycles. The number of guanidine groups is 1. The smallest absolute Gasteiger partial charge is 0.327 e. The number of carbonyl (C=O) groups is 1. The molecule has 2 heterocycles. The number of nitrogens with zero attached hydrogens (tertiary/aromatic N) is 6. The van der Waals surface area contributed by atoms with Crippen LogP contribution in [0.2, 0.25) is 0 Å². The summed E-state index contributed by atoms with van der Waals surface area (Å²) in [4.78, 5) is 17.5. The normalized spacial score (nSPS) is 11.5. The number of hydrogen-bond donors (Lipinski definition) is 1. The van der Waals surface area contributed by atoms with Crippen molar-refractivity contribution in [3.05, 3.63) is 34.3 Å². The van der Waals surface area contributed by atoms with E-state index in [-0.39, 0.29) is 12.5 Å². The maximum Gasteiger partial charge on any atom is 0.327 e. The average Bonchev–Trinajstić information content (AvgIpc) is 3.14. The van der Waals surface area contributed by atoms with E-state index in [0.29, 0.717) is 18.8 Å². The first kappa shape index (κ1) is 19.0. The molecule has 0 unspecified atom stereocenters. The summed E-state index contributed by atoms with van der Waals surface area (Å²) in [6.45, 7) is 1.20. The van der Waals surface area contributed by atoms with Crippen LogP contribution in [0, 0.1) is 0 Å². The Hall–Kier alpha value is -2.36. The average molecular weight is 412 g/mol. The van der Waals surface area contributed by atoms with Gasteiger partial charge in [-0.25, -0.2) is 4.68 Å². The van der Waals surface area contributed by atoms with Crippen molar-refractivity contribution in [3.63, 3.8) is 0 Å². The van der Waals surface area contributed by atoms with Gasteiger partial charge in [0, 0.05) is 37.5 Å². The van der Waals surface area contributed by atoms with Gasteiger partial charge in [-0.2, -0.15) is 0 Å². The summed E-state index contributed by atoms with van der Waals surface area (Å²) >= 11 is 3.48. The fourth-order valence-corrected chi connectivity index (χ4v) is 2.86. The lowest BCUT2D eigenvalue weighted by atomic mass is 10.4. The second kappa shape index (κ2) is 8.65. The molecule has 2 aromatic rings.